The van der Waals surface area contributed by atoms with Gasteiger partial charge in [0.2, 0.25) is 6.41 Å². The number of carbonyl (C=O) groups excluding carboxylic acids is 1. The number of nitriles is 1. The van der Waals surface area contributed by atoms with Crippen LogP contribution >= 0.6 is 0 Å². The average molecular weight is 233 g/mol. The first-order valence-corrected chi connectivity index (χ1v) is 5.38. The van der Waals surface area contributed by atoms with E-state index in [1.807, 2.05) is 4.90 Å². The van der Waals surface area contributed by atoms with Gasteiger partial charge in [-0.3, -0.25) is 4.79 Å². The van der Waals surface area contributed by atoms with Gasteiger partial charge in [-0.1, -0.05) is 0 Å². The van der Waals surface area contributed by atoms with Crippen molar-refractivity contribution < 1.29 is 9.18 Å². The van der Waals surface area contributed by atoms with Crippen LogP contribution in [0.1, 0.15) is 5.56 Å². The molecule has 0 spiro atoms. The van der Waals surface area contributed by atoms with Gasteiger partial charge in [0.25, 0.3) is 0 Å². The fraction of sp³-hybridized carbons (Fsp3) is 0.333. The SMILES string of the molecule is N#Cc1ccc(F)cc1N1CCN(C=O)CC1. The Bertz CT molecular complexity index is 461. The Labute approximate surface area is 98.9 Å². The van der Waals surface area contributed by atoms with Crippen LogP contribution < -0.4 is 4.90 Å². The normalized spacial score (nSPS) is 15.5. The summed E-state index contributed by atoms with van der Waals surface area (Å²) >= 11 is 0. The monoisotopic (exact) mass is 233 g/mol. The summed E-state index contributed by atoms with van der Waals surface area (Å²) in [5, 5.41) is 8.97. The molecule has 0 N–H and O–H groups in total. The molecule has 1 aliphatic rings. The minimum atomic E-state index is -0.350. The molecular weight excluding hydrogens is 221 g/mol. The molecule has 0 aromatic heterocycles. The number of benzene rings is 1. The minimum absolute atomic E-state index is 0.350. The van der Waals surface area contributed by atoms with Crippen LogP contribution in [-0.2, 0) is 4.79 Å². The summed E-state index contributed by atoms with van der Waals surface area (Å²) in [4.78, 5) is 14.2. The maximum Gasteiger partial charge on any atom is 0.209 e. The van der Waals surface area contributed by atoms with E-state index in [0.717, 1.165) is 6.41 Å². The molecule has 0 bridgehead atoms. The van der Waals surface area contributed by atoms with E-state index in [9.17, 15) is 9.18 Å². The zero-order valence-corrected chi connectivity index (χ0v) is 9.27. The van der Waals surface area contributed by atoms with Crippen LogP contribution in [0, 0.1) is 17.1 Å². The number of anilines is 1. The molecule has 0 aliphatic carbocycles. The molecular formula is C12H12FN3O. The summed E-state index contributed by atoms with van der Waals surface area (Å²) in [6.07, 6.45) is 0.814. The molecule has 0 saturated carbocycles. The highest BCUT2D eigenvalue weighted by atomic mass is 19.1. The van der Waals surface area contributed by atoms with Crippen LogP contribution in [0.2, 0.25) is 0 Å². The number of hydrogen-bond acceptors (Lipinski definition) is 3. The molecule has 0 radical (unpaired) electrons. The fourth-order valence-electron chi connectivity index (χ4n) is 1.93. The summed E-state index contributed by atoms with van der Waals surface area (Å²) in [7, 11) is 0. The second kappa shape index (κ2) is 4.83. The van der Waals surface area contributed by atoms with Gasteiger partial charge in [-0.05, 0) is 18.2 Å². The Kier molecular flexibility index (Phi) is 3.24. The number of hydrogen-bond donors (Lipinski definition) is 0. The second-order valence-corrected chi connectivity index (χ2v) is 3.90. The van der Waals surface area contributed by atoms with Gasteiger partial charge in [0, 0.05) is 26.2 Å². The van der Waals surface area contributed by atoms with E-state index in [4.69, 9.17) is 5.26 Å². The number of nitrogens with zero attached hydrogens (tertiary/aromatic N) is 3. The van der Waals surface area contributed by atoms with Gasteiger partial charge in [0.15, 0.2) is 0 Å². The van der Waals surface area contributed by atoms with Crippen molar-refractivity contribution in [1.29, 1.82) is 5.26 Å². The summed E-state index contributed by atoms with van der Waals surface area (Å²) in [6.45, 7) is 2.45. The molecule has 1 saturated heterocycles. The van der Waals surface area contributed by atoms with E-state index in [2.05, 4.69) is 6.07 Å². The Hall–Kier alpha value is -2.09. The summed E-state index contributed by atoms with van der Waals surface area (Å²) < 4.78 is 13.2. The lowest BCUT2D eigenvalue weighted by molar-refractivity contribution is -0.118. The zero-order valence-electron chi connectivity index (χ0n) is 9.27. The third-order valence-electron chi connectivity index (χ3n) is 2.88. The molecule has 1 aromatic rings. The molecule has 1 fully saturated rings. The molecule has 1 aromatic carbocycles. The predicted octanol–water partition coefficient (Wildman–Crippen LogP) is 0.976. The molecule has 4 nitrogen and oxygen atoms in total. The minimum Gasteiger partial charge on any atom is -0.367 e. The standard InChI is InChI=1S/C12H12FN3O/c13-11-2-1-10(8-14)12(7-11)16-5-3-15(9-17)4-6-16/h1-2,7,9H,3-6H2. The lowest BCUT2D eigenvalue weighted by atomic mass is 10.1. The molecule has 1 heterocycles. The van der Waals surface area contributed by atoms with Gasteiger partial charge in [-0.25, -0.2) is 4.39 Å². The number of carbonyl (C=O) groups is 1. The molecule has 5 heteroatoms. The fourth-order valence-corrected chi connectivity index (χ4v) is 1.93. The zero-order chi connectivity index (χ0) is 12.3. The van der Waals surface area contributed by atoms with Crippen molar-refractivity contribution in [3.8, 4) is 6.07 Å². The maximum absolute atomic E-state index is 13.2. The van der Waals surface area contributed by atoms with E-state index in [1.165, 1.54) is 18.2 Å². The van der Waals surface area contributed by atoms with Crippen molar-refractivity contribution in [2.75, 3.05) is 31.1 Å². The van der Waals surface area contributed by atoms with Gasteiger partial charge < -0.3 is 9.80 Å². The van der Waals surface area contributed by atoms with Crippen molar-refractivity contribution >= 4 is 12.1 Å². The molecule has 17 heavy (non-hydrogen) atoms. The lowest BCUT2D eigenvalue weighted by Gasteiger charge is -2.34. The van der Waals surface area contributed by atoms with E-state index < -0.39 is 0 Å². The molecule has 0 unspecified atom stereocenters. The molecule has 88 valence electrons. The van der Waals surface area contributed by atoms with Crippen molar-refractivity contribution in [2.24, 2.45) is 0 Å². The van der Waals surface area contributed by atoms with E-state index >= 15 is 0 Å². The maximum atomic E-state index is 13.2. The summed E-state index contributed by atoms with van der Waals surface area (Å²) in [5.41, 5.74) is 1.07. The number of rotatable bonds is 2. The summed E-state index contributed by atoms with van der Waals surface area (Å²) in [5.74, 6) is -0.350. The first kappa shape index (κ1) is 11.4. The first-order valence-electron chi connectivity index (χ1n) is 5.38. The quantitative estimate of drug-likeness (QED) is 0.715. The first-order chi connectivity index (χ1) is 8.24. The Balaban J connectivity index is 2.20. The van der Waals surface area contributed by atoms with Crippen molar-refractivity contribution in [3.63, 3.8) is 0 Å². The highest BCUT2D eigenvalue weighted by Crippen LogP contribution is 2.22. The Morgan fingerprint density at radius 1 is 1.29 bits per heavy atom. The predicted molar refractivity (Wildman–Crippen MR) is 61.0 cm³/mol. The van der Waals surface area contributed by atoms with Gasteiger partial charge in [-0.2, -0.15) is 5.26 Å². The van der Waals surface area contributed by atoms with Crippen LogP contribution in [0.25, 0.3) is 0 Å². The van der Waals surface area contributed by atoms with Crippen LogP contribution in [0.3, 0.4) is 0 Å². The average Bonchev–Trinajstić information content (AvgIpc) is 2.39. The van der Waals surface area contributed by atoms with Gasteiger partial charge in [-0.15, -0.1) is 0 Å². The van der Waals surface area contributed by atoms with E-state index in [-0.39, 0.29) is 5.82 Å². The van der Waals surface area contributed by atoms with Crippen molar-refractivity contribution in [3.05, 3.63) is 29.6 Å². The third-order valence-corrected chi connectivity index (χ3v) is 2.88. The Morgan fingerprint density at radius 3 is 2.59 bits per heavy atom. The molecule has 1 amide bonds. The van der Waals surface area contributed by atoms with Crippen LogP contribution in [0.15, 0.2) is 18.2 Å². The van der Waals surface area contributed by atoms with Gasteiger partial charge >= 0.3 is 0 Å². The smallest absolute Gasteiger partial charge is 0.209 e. The van der Waals surface area contributed by atoms with Gasteiger partial charge in [0.1, 0.15) is 11.9 Å². The lowest BCUT2D eigenvalue weighted by Crippen LogP contribution is -2.46. The van der Waals surface area contributed by atoms with Crippen molar-refractivity contribution in [2.45, 2.75) is 0 Å². The molecule has 0 atom stereocenters. The van der Waals surface area contributed by atoms with Gasteiger partial charge in [0.05, 0.1) is 11.3 Å². The third kappa shape index (κ3) is 2.36. The highest BCUT2D eigenvalue weighted by molar-refractivity contribution is 5.60. The topological polar surface area (TPSA) is 47.3 Å². The molecule has 1 aliphatic heterocycles. The number of amides is 1. The largest absolute Gasteiger partial charge is 0.367 e. The van der Waals surface area contributed by atoms with Crippen LogP contribution in [0.4, 0.5) is 10.1 Å². The second-order valence-electron chi connectivity index (χ2n) is 3.90. The Morgan fingerprint density at radius 2 is 2.00 bits per heavy atom. The van der Waals surface area contributed by atoms with Crippen LogP contribution in [-0.4, -0.2) is 37.5 Å². The number of halogens is 1. The van der Waals surface area contributed by atoms with E-state index in [0.29, 0.717) is 37.4 Å². The molecule has 2 rings (SSSR count). The number of piperazine rings is 1. The van der Waals surface area contributed by atoms with Crippen molar-refractivity contribution in [1.82, 2.24) is 4.90 Å². The van der Waals surface area contributed by atoms with Crippen LogP contribution in [0.5, 0.6) is 0 Å². The van der Waals surface area contributed by atoms with E-state index in [1.54, 1.807) is 4.90 Å². The summed E-state index contributed by atoms with van der Waals surface area (Å²) in [6, 6.07) is 6.19. The highest BCUT2D eigenvalue weighted by Gasteiger charge is 2.18.